The fraction of sp³-hybridized carbons (Fsp3) is 0.214. The summed E-state index contributed by atoms with van der Waals surface area (Å²) < 4.78 is 5.60. The van der Waals surface area contributed by atoms with E-state index in [4.69, 9.17) is 4.74 Å². The first-order valence-electron chi connectivity index (χ1n) is 6.23. The van der Waals surface area contributed by atoms with E-state index < -0.39 is 4.92 Å². The second-order valence-electron chi connectivity index (χ2n) is 4.16. The van der Waals surface area contributed by atoms with Crippen molar-refractivity contribution in [1.82, 2.24) is 4.98 Å². The van der Waals surface area contributed by atoms with Gasteiger partial charge in [-0.05, 0) is 24.1 Å². The summed E-state index contributed by atoms with van der Waals surface area (Å²) in [5.74, 6) is 1.19. The molecule has 0 saturated heterocycles. The number of nitrogens with one attached hydrogen (secondary N) is 1. The van der Waals surface area contributed by atoms with Crippen molar-refractivity contribution in [2.75, 3.05) is 12.4 Å². The van der Waals surface area contributed by atoms with Crippen LogP contribution in [0.5, 0.6) is 11.6 Å². The highest BCUT2D eigenvalue weighted by atomic mass is 16.6. The molecule has 1 aromatic carbocycles. The van der Waals surface area contributed by atoms with Crippen LogP contribution >= 0.6 is 0 Å². The highest BCUT2D eigenvalue weighted by molar-refractivity contribution is 5.48. The average Bonchev–Trinajstić information content (AvgIpc) is 2.47. The minimum Gasteiger partial charge on any atom is -0.439 e. The van der Waals surface area contributed by atoms with E-state index in [2.05, 4.69) is 10.3 Å². The molecule has 1 aromatic heterocycles. The van der Waals surface area contributed by atoms with Gasteiger partial charge in [0, 0.05) is 7.05 Å². The lowest BCUT2D eigenvalue weighted by atomic mass is 10.2. The molecule has 6 heteroatoms. The van der Waals surface area contributed by atoms with E-state index in [1.165, 1.54) is 12.1 Å². The zero-order valence-electron chi connectivity index (χ0n) is 11.3. The van der Waals surface area contributed by atoms with Gasteiger partial charge in [-0.3, -0.25) is 10.1 Å². The van der Waals surface area contributed by atoms with Crippen LogP contribution in [0.4, 0.5) is 11.5 Å². The number of rotatable bonds is 5. The summed E-state index contributed by atoms with van der Waals surface area (Å²) in [7, 11) is 1.65. The summed E-state index contributed by atoms with van der Waals surface area (Å²) in [6.45, 7) is 2.05. The van der Waals surface area contributed by atoms with Crippen LogP contribution in [0.1, 0.15) is 12.5 Å². The summed E-state index contributed by atoms with van der Waals surface area (Å²) in [6, 6.07) is 10.2. The first kappa shape index (κ1) is 13.8. The number of aromatic nitrogens is 1. The highest BCUT2D eigenvalue weighted by Crippen LogP contribution is 2.26. The first-order valence-corrected chi connectivity index (χ1v) is 6.23. The van der Waals surface area contributed by atoms with E-state index >= 15 is 0 Å². The summed E-state index contributed by atoms with van der Waals surface area (Å²) >= 11 is 0. The number of hydrogen-bond acceptors (Lipinski definition) is 5. The van der Waals surface area contributed by atoms with Gasteiger partial charge < -0.3 is 10.1 Å². The molecule has 104 valence electrons. The molecular formula is C14H15N3O3. The number of nitro groups is 1. The third-order valence-corrected chi connectivity index (χ3v) is 2.78. The lowest BCUT2D eigenvalue weighted by Gasteiger charge is -2.07. The van der Waals surface area contributed by atoms with Crippen LogP contribution in [-0.4, -0.2) is 17.0 Å². The van der Waals surface area contributed by atoms with Crippen molar-refractivity contribution in [3.8, 4) is 11.6 Å². The van der Waals surface area contributed by atoms with Gasteiger partial charge in [0.2, 0.25) is 5.88 Å². The van der Waals surface area contributed by atoms with Crippen LogP contribution in [0.2, 0.25) is 0 Å². The van der Waals surface area contributed by atoms with Crippen LogP contribution in [0, 0.1) is 10.1 Å². The molecule has 0 saturated carbocycles. The average molecular weight is 273 g/mol. The topological polar surface area (TPSA) is 77.3 Å². The first-order chi connectivity index (χ1) is 9.62. The second-order valence-corrected chi connectivity index (χ2v) is 4.16. The zero-order chi connectivity index (χ0) is 14.5. The van der Waals surface area contributed by atoms with Gasteiger partial charge in [-0.1, -0.05) is 19.1 Å². The molecule has 0 amide bonds. The molecule has 1 heterocycles. The molecule has 6 nitrogen and oxygen atoms in total. The Morgan fingerprint density at radius 1 is 1.35 bits per heavy atom. The fourth-order valence-electron chi connectivity index (χ4n) is 1.73. The molecule has 0 aliphatic rings. The molecule has 0 aliphatic heterocycles. The molecule has 2 rings (SSSR count). The smallest absolute Gasteiger partial charge is 0.278 e. The number of ether oxygens (including phenoxy) is 1. The van der Waals surface area contributed by atoms with E-state index in [9.17, 15) is 10.1 Å². The third-order valence-electron chi connectivity index (χ3n) is 2.78. The number of hydrogen-bond donors (Lipinski definition) is 1. The molecule has 0 bridgehead atoms. The second kappa shape index (κ2) is 6.01. The standard InChI is InChI=1S/C14H15N3O3/c1-3-10-5-4-6-12(7-10)20-14-9-11(17(18)19)8-13(15-2)16-14/h4-9H,3H2,1-2H3,(H,15,16). The Balaban J connectivity index is 2.32. The van der Waals surface area contributed by atoms with E-state index in [-0.39, 0.29) is 11.6 Å². The van der Waals surface area contributed by atoms with Gasteiger partial charge in [-0.25, -0.2) is 0 Å². The summed E-state index contributed by atoms with van der Waals surface area (Å²) in [5.41, 5.74) is 1.06. The van der Waals surface area contributed by atoms with E-state index in [1.807, 2.05) is 25.1 Å². The van der Waals surface area contributed by atoms with Crippen LogP contribution < -0.4 is 10.1 Å². The lowest BCUT2D eigenvalue weighted by molar-refractivity contribution is -0.384. The zero-order valence-corrected chi connectivity index (χ0v) is 11.3. The maximum atomic E-state index is 10.9. The van der Waals surface area contributed by atoms with Crippen LogP contribution in [0.15, 0.2) is 36.4 Å². The van der Waals surface area contributed by atoms with E-state index in [0.29, 0.717) is 11.6 Å². The van der Waals surface area contributed by atoms with Gasteiger partial charge in [0.05, 0.1) is 17.1 Å². The number of aryl methyl sites for hydroxylation is 1. The van der Waals surface area contributed by atoms with Crippen molar-refractivity contribution in [3.05, 3.63) is 52.1 Å². The van der Waals surface area contributed by atoms with Gasteiger partial charge in [-0.15, -0.1) is 0 Å². The van der Waals surface area contributed by atoms with E-state index in [1.54, 1.807) is 13.1 Å². The van der Waals surface area contributed by atoms with Gasteiger partial charge in [0.15, 0.2) is 0 Å². The Labute approximate surface area is 116 Å². The van der Waals surface area contributed by atoms with Gasteiger partial charge in [0.25, 0.3) is 5.69 Å². The third kappa shape index (κ3) is 3.23. The minimum absolute atomic E-state index is 0.0639. The highest BCUT2D eigenvalue weighted by Gasteiger charge is 2.12. The van der Waals surface area contributed by atoms with Gasteiger partial charge in [0.1, 0.15) is 11.6 Å². The Morgan fingerprint density at radius 2 is 2.15 bits per heavy atom. The Kier molecular flexibility index (Phi) is 4.14. The summed E-state index contributed by atoms with van der Waals surface area (Å²) in [5, 5.41) is 13.6. The molecule has 20 heavy (non-hydrogen) atoms. The Hall–Kier alpha value is -2.63. The lowest BCUT2D eigenvalue weighted by Crippen LogP contribution is -1.98. The summed E-state index contributed by atoms with van der Waals surface area (Å²) in [4.78, 5) is 14.5. The molecule has 2 aromatic rings. The number of nitrogens with zero attached hydrogens (tertiary/aromatic N) is 2. The molecule has 0 fully saturated rings. The molecular weight excluding hydrogens is 258 g/mol. The number of pyridine rings is 1. The maximum Gasteiger partial charge on any atom is 0.278 e. The van der Waals surface area contributed by atoms with Crippen molar-refractivity contribution in [3.63, 3.8) is 0 Å². The van der Waals surface area contributed by atoms with Crippen molar-refractivity contribution in [2.45, 2.75) is 13.3 Å². The molecule has 0 atom stereocenters. The quantitative estimate of drug-likeness (QED) is 0.667. The predicted octanol–water partition coefficient (Wildman–Crippen LogP) is 3.39. The predicted molar refractivity (Wildman–Crippen MR) is 76.3 cm³/mol. The number of benzene rings is 1. The normalized spacial score (nSPS) is 10.1. The fourth-order valence-corrected chi connectivity index (χ4v) is 1.73. The Morgan fingerprint density at radius 3 is 2.80 bits per heavy atom. The van der Waals surface area contributed by atoms with Crippen LogP contribution in [0.25, 0.3) is 0 Å². The van der Waals surface area contributed by atoms with Crippen LogP contribution in [0.3, 0.4) is 0 Å². The van der Waals surface area contributed by atoms with Gasteiger partial charge in [-0.2, -0.15) is 4.98 Å². The molecule has 0 unspecified atom stereocenters. The number of anilines is 1. The van der Waals surface area contributed by atoms with Crippen molar-refractivity contribution in [1.29, 1.82) is 0 Å². The largest absolute Gasteiger partial charge is 0.439 e. The molecule has 0 aliphatic carbocycles. The molecule has 1 N–H and O–H groups in total. The van der Waals surface area contributed by atoms with Crippen molar-refractivity contribution < 1.29 is 9.66 Å². The molecule has 0 spiro atoms. The SMILES string of the molecule is CCc1cccc(Oc2cc([N+](=O)[O-])cc(NC)n2)c1. The summed E-state index contributed by atoms with van der Waals surface area (Å²) in [6.07, 6.45) is 0.890. The van der Waals surface area contributed by atoms with Crippen LogP contribution in [-0.2, 0) is 6.42 Å². The molecule has 0 radical (unpaired) electrons. The maximum absolute atomic E-state index is 10.9. The van der Waals surface area contributed by atoms with E-state index in [0.717, 1.165) is 12.0 Å². The van der Waals surface area contributed by atoms with Crippen molar-refractivity contribution >= 4 is 11.5 Å². The monoisotopic (exact) mass is 273 g/mol. The van der Waals surface area contributed by atoms with Gasteiger partial charge >= 0.3 is 0 Å². The minimum atomic E-state index is -0.474. The Bertz CT molecular complexity index is 629. The van der Waals surface area contributed by atoms with Crippen molar-refractivity contribution in [2.24, 2.45) is 0 Å².